The van der Waals surface area contributed by atoms with Crippen molar-refractivity contribution < 1.29 is 34.2 Å². The molecule has 1 aromatic rings. The summed E-state index contributed by atoms with van der Waals surface area (Å²) in [4.78, 5) is 65.6. The number of carboxylic acid groups (broad SMARTS) is 1. The molecule has 0 saturated carbocycles. The number of amides is 2. The maximum Gasteiger partial charge on any atom is 0.303 e. The number of carbonyl (C=O) groups excluding carboxylic acids is 4. The van der Waals surface area contributed by atoms with Crippen LogP contribution in [0.25, 0.3) is 0 Å². The number of carboxylic acids is 1. The summed E-state index contributed by atoms with van der Waals surface area (Å²) in [6, 6.07) is 5.32. The fourth-order valence-electron chi connectivity index (χ4n) is 6.64. The summed E-state index contributed by atoms with van der Waals surface area (Å²) >= 11 is 0. The summed E-state index contributed by atoms with van der Waals surface area (Å²) in [5, 5.41) is 19.9. The molecule has 1 saturated heterocycles. The molecule has 5 rings (SSSR count). The Bertz CT molecular complexity index is 1360. The van der Waals surface area contributed by atoms with Gasteiger partial charge < -0.3 is 10.2 Å². The van der Waals surface area contributed by atoms with E-state index in [4.69, 9.17) is 5.11 Å². The number of likely N-dealkylation sites (tertiary alicyclic amines) is 1. The first-order valence-corrected chi connectivity index (χ1v) is 13.2. The van der Waals surface area contributed by atoms with Crippen molar-refractivity contribution in [3.63, 3.8) is 0 Å². The lowest BCUT2D eigenvalue weighted by atomic mass is 9.59. The van der Waals surface area contributed by atoms with E-state index in [1.54, 1.807) is 32.0 Å². The molecule has 3 aliphatic carbocycles. The zero-order valence-corrected chi connectivity index (χ0v) is 21.5. The van der Waals surface area contributed by atoms with Gasteiger partial charge in [0, 0.05) is 41.2 Å². The van der Waals surface area contributed by atoms with E-state index in [1.807, 2.05) is 6.08 Å². The summed E-state index contributed by atoms with van der Waals surface area (Å²) in [5.41, 5.74) is 3.05. The number of para-hydroxylation sites is 1. The van der Waals surface area contributed by atoms with Crippen molar-refractivity contribution in [2.75, 3.05) is 6.54 Å². The number of nitrogens with zero attached hydrogens (tertiary/aromatic N) is 1. The van der Waals surface area contributed by atoms with Crippen molar-refractivity contribution in [2.45, 2.75) is 58.3 Å². The number of unbranched alkanes of at least 4 members (excludes halogenated alkanes) is 2. The van der Waals surface area contributed by atoms with Crippen molar-refractivity contribution in [1.82, 2.24) is 4.90 Å². The monoisotopic (exact) mass is 517 g/mol. The Morgan fingerprint density at radius 2 is 1.79 bits per heavy atom. The number of fused-ring (bicyclic) bond motifs is 3. The van der Waals surface area contributed by atoms with E-state index in [0.717, 1.165) is 5.57 Å². The third-order valence-electron chi connectivity index (χ3n) is 8.51. The second-order valence-electron chi connectivity index (χ2n) is 10.8. The summed E-state index contributed by atoms with van der Waals surface area (Å²) in [6.45, 7) is 3.62. The first-order chi connectivity index (χ1) is 18.1. The van der Waals surface area contributed by atoms with Gasteiger partial charge in [0.25, 0.3) is 0 Å². The van der Waals surface area contributed by atoms with Crippen LogP contribution in [0.2, 0.25) is 0 Å². The lowest BCUT2D eigenvalue weighted by Crippen LogP contribution is -2.40. The van der Waals surface area contributed by atoms with E-state index >= 15 is 0 Å². The minimum atomic E-state index is -0.871. The maximum atomic E-state index is 13.7. The lowest BCUT2D eigenvalue weighted by Gasteiger charge is -2.42. The molecule has 1 aromatic carbocycles. The average Bonchev–Trinajstić information content (AvgIpc) is 3.12. The Hall–Kier alpha value is -3.81. The van der Waals surface area contributed by atoms with Crippen LogP contribution in [0.4, 0.5) is 0 Å². The van der Waals surface area contributed by atoms with Crippen molar-refractivity contribution in [3.05, 3.63) is 63.8 Å². The number of aliphatic carboxylic acids is 1. The van der Waals surface area contributed by atoms with E-state index in [9.17, 15) is 29.1 Å². The molecule has 38 heavy (non-hydrogen) atoms. The molecule has 4 unspecified atom stereocenters. The molecule has 2 N–H and O–H groups in total. The number of hydrogen-bond acceptors (Lipinski definition) is 6. The Morgan fingerprint density at radius 3 is 2.53 bits per heavy atom. The summed E-state index contributed by atoms with van der Waals surface area (Å²) in [5.74, 6) is -4.09. The number of Topliss-reactive ketones (excluding diaryl/α,β-unsaturated/α-hetero) is 1. The number of phenols is 1. The van der Waals surface area contributed by atoms with E-state index in [2.05, 4.69) is 0 Å². The molecule has 4 aliphatic rings. The SMILES string of the molecule is CC1=CC(=O)C2=C(C1=O)C(c1cccc(C)c1O)C1=CCC3C(=O)N(CCCCCC(=O)O)C(=O)C3C1C2. The summed E-state index contributed by atoms with van der Waals surface area (Å²) in [6.07, 6.45) is 5.48. The number of benzene rings is 1. The quantitative estimate of drug-likeness (QED) is 0.244. The molecule has 8 heteroatoms. The third kappa shape index (κ3) is 4.12. The minimum Gasteiger partial charge on any atom is -0.507 e. The molecule has 0 aromatic heterocycles. The van der Waals surface area contributed by atoms with Crippen LogP contribution in [-0.2, 0) is 24.0 Å². The largest absolute Gasteiger partial charge is 0.507 e. The number of aryl methyl sites for hydroxylation is 1. The highest BCUT2D eigenvalue weighted by molar-refractivity contribution is 6.24. The number of ketones is 2. The standard InChI is InChI=1S/C30H31NO7/c1-15-7-6-8-18(27(15)35)24-17-10-11-19-25(20(17)14-21-22(32)13-16(2)28(36)26(21)24)30(38)31(29(19)37)12-5-3-4-9-23(33)34/h6-8,10,13,19-20,24-25,35H,3-5,9,11-12,14H2,1-2H3,(H,33,34). The molecular weight excluding hydrogens is 486 g/mol. The van der Waals surface area contributed by atoms with Gasteiger partial charge >= 0.3 is 5.97 Å². The molecule has 8 nitrogen and oxygen atoms in total. The van der Waals surface area contributed by atoms with Crippen molar-refractivity contribution in [3.8, 4) is 5.75 Å². The van der Waals surface area contributed by atoms with Crippen LogP contribution in [-0.4, -0.2) is 51.0 Å². The van der Waals surface area contributed by atoms with Gasteiger partial charge in [0.1, 0.15) is 5.75 Å². The van der Waals surface area contributed by atoms with Crippen molar-refractivity contribution >= 4 is 29.4 Å². The first-order valence-electron chi connectivity index (χ1n) is 13.2. The van der Waals surface area contributed by atoms with Crippen LogP contribution < -0.4 is 0 Å². The van der Waals surface area contributed by atoms with Gasteiger partial charge in [-0.2, -0.15) is 0 Å². The fourth-order valence-corrected chi connectivity index (χ4v) is 6.64. The topological polar surface area (TPSA) is 129 Å². The highest BCUT2D eigenvalue weighted by atomic mass is 16.4. The molecule has 0 bridgehead atoms. The van der Waals surface area contributed by atoms with E-state index in [1.165, 1.54) is 11.0 Å². The molecule has 1 fully saturated rings. The second kappa shape index (κ2) is 9.82. The van der Waals surface area contributed by atoms with Crippen LogP contribution in [0.3, 0.4) is 0 Å². The average molecular weight is 518 g/mol. The Morgan fingerprint density at radius 1 is 1.03 bits per heavy atom. The van der Waals surface area contributed by atoms with E-state index < -0.39 is 29.6 Å². The van der Waals surface area contributed by atoms with Gasteiger partial charge in [0.2, 0.25) is 11.8 Å². The lowest BCUT2D eigenvalue weighted by molar-refractivity contribution is -0.141. The third-order valence-corrected chi connectivity index (χ3v) is 8.51. The van der Waals surface area contributed by atoms with Crippen molar-refractivity contribution in [2.24, 2.45) is 17.8 Å². The first kappa shape index (κ1) is 25.8. The molecule has 1 heterocycles. The summed E-state index contributed by atoms with van der Waals surface area (Å²) in [7, 11) is 0. The normalized spacial score (nSPS) is 26.6. The Labute approximate surface area is 220 Å². The van der Waals surface area contributed by atoms with Gasteiger partial charge in [0.15, 0.2) is 11.6 Å². The number of aromatic hydroxyl groups is 1. The number of phenolic OH excluding ortho intramolecular Hbond substituents is 1. The zero-order chi connectivity index (χ0) is 27.3. The van der Waals surface area contributed by atoms with Gasteiger partial charge in [-0.15, -0.1) is 0 Å². The van der Waals surface area contributed by atoms with Gasteiger partial charge in [-0.05, 0) is 57.1 Å². The zero-order valence-electron chi connectivity index (χ0n) is 21.5. The Balaban J connectivity index is 1.51. The van der Waals surface area contributed by atoms with Crippen LogP contribution in [0.15, 0.2) is 52.6 Å². The maximum absolute atomic E-state index is 13.7. The van der Waals surface area contributed by atoms with E-state index in [-0.39, 0.29) is 48.5 Å². The van der Waals surface area contributed by atoms with Gasteiger partial charge in [0.05, 0.1) is 11.8 Å². The number of hydrogen-bond donors (Lipinski definition) is 2. The predicted molar refractivity (Wildman–Crippen MR) is 137 cm³/mol. The van der Waals surface area contributed by atoms with Crippen LogP contribution in [0, 0.1) is 24.7 Å². The van der Waals surface area contributed by atoms with Crippen LogP contribution in [0.1, 0.15) is 62.5 Å². The number of rotatable bonds is 7. The molecular formula is C30H31NO7. The highest BCUT2D eigenvalue weighted by Gasteiger charge is 2.56. The Kier molecular flexibility index (Phi) is 6.67. The highest BCUT2D eigenvalue weighted by Crippen LogP contribution is 2.56. The van der Waals surface area contributed by atoms with Crippen molar-refractivity contribution in [1.29, 1.82) is 0 Å². The summed E-state index contributed by atoms with van der Waals surface area (Å²) < 4.78 is 0. The number of imide groups is 1. The van der Waals surface area contributed by atoms with Crippen LogP contribution >= 0.6 is 0 Å². The smallest absolute Gasteiger partial charge is 0.303 e. The molecule has 2 amide bonds. The number of carbonyl (C=O) groups is 5. The fraction of sp³-hybridized carbons (Fsp3) is 0.433. The molecule has 4 atom stereocenters. The predicted octanol–water partition coefficient (Wildman–Crippen LogP) is 3.78. The molecule has 198 valence electrons. The molecule has 1 aliphatic heterocycles. The minimum absolute atomic E-state index is 0.0494. The molecule has 0 radical (unpaired) electrons. The molecule has 0 spiro atoms. The van der Waals surface area contributed by atoms with Gasteiger partial charge in [-0.1, -0.05) is 36.3 Å². The number of allylic oxidation sites excluding steroid dienone is 6. The van der Waals surface area contributed by atoms with Gasteiger partial charge in [-0.25, -0.2) is 0 Å². The van der Waals surface area contributed by atoms with Crippen LogP contribution in [0.5, 0.6) is 5.75 Å². The van der Waals surface area contributed by atoms with E-state index in [0.29, 0.717) is 53.5 Å². The van der Waals surface area contributed by atoms with Gasteiger partial charge in [-0.3, -0.25) is 28.9 Å². The second-order valence-corrected chi connectivity index (χ2v) is 10.8.